The number of anilines is 1. The van der Waals surface area contributed by atoms with Crippen LogP contribution in [0.1, 0.15) is 16.8 Å². The largest absolute Gasteiger partial charge is 0.340 e. The van der Waals surface area contributed by atoms with Crippen molar-refractivity contribution in [2.75, 3.05) is 11.4 Å². The molecule has 0 aromatic heterocycles. The molecule has 0 spiro atoms. The summed E-state index contributed by atoms with van der Waals surface area (Å²) in [7, 11) is 0. The van der Waals surface area contributed by atoms with Gasteiger partial charge in [0.25, 0.3) is 11.6 Å². The molecular formula is C17H14FN3O4. The fourth-order valence-electron chi connectivity index (χ4n) is 2.78. The molecule has 8 heteroatoms. The van der Waals surface area contributed by atoms with Crippen molar-refractivity contribution in [1.82, 2.24) is 5.32 Å². The summed E-state index contributed by atoms with van der Waals surface area (Å²) in [5.74, 6) is -1.68. The van der Waals surface area contributed by atoms with E-state index in [2.05, 4.69) is 5.32 Å². The molecule has 0 unspecified atom stereocenters. The number of halogens is 1. The number of rotatable bonds is 4. The predicted octanol–water partition coefficient (Wildman–Crippen LogP) is 2.27. The van der Waals surface area contributed by atoms with Gasteiger partial charge in [0.1, 0.15) is 17.4 Å². The minimum atomic E-state index is -0.855. The third-order valence-corrected chi connectivity index (χ3v) is 4.00. The van der Waals surface area contributed by atoms with Crippen molar-refractivity contribution in [1.29, 1.82) is 0 Å². The Labute approximate surface area is 142 Å². The summed E-state index contributed by atoms with van der Waals surface area (Å²) < 4.78 is 13.9. The van der Waals surface area contributed by atoms with Crippen LogP contribution in [0, 0.1) is 15.9 Å². The van der Waals surface area contributed by atoms with E-state index < -0.39 is 28.6 Å². The summed E-state index contributed by atoms with van der Waals surface area (Å²) in [4.78, 5) is 36.4. The number of nitro benzene ring substituents is 1. The highest BCUT2D eigenvalue weighted by molar-refractivity contribution is 6.05. The van der Waals surface area contributed by atoms with Gasteiger partial charge in [-0.3, -0.25) is 19.7 Å². The van der Waals surface area contributed by atoms with E-state index in [0.29, 0.717) is 6.42 Å². The van der Waals surface area contributed by atoms with Crippen LogP contribution in [0.3, 0.4) is 0 Å². The second-order valence-corrected chi connectivity index (χ2v) is 5.53. The predicted molar refractivity (Wildman–Crippen MR) is 87.7 cm³/mol. The number of hydrogen-bond donors (Lipinski definition) is 1. The van der Waals surface area contributed by atoms with Gasteiger partial charge in [0.2, 0.25) is 5.91 Å². The molecule has 7 nitrogen and oxygen atoms in total. The summed E-state index contributed by atoms with van der Waals surface area (Å²) in [5.41, 5.74) is -0.309. The van der Waals surface area contributed by atoms with Crippen LogP contribution in [0.4, 0.5) is 15.8 Å². The highest BCUT2D eigenvalue weighted by Crippen LogP contribution is 2.25. The number of carbonyl (C=O) groups is 2. The second-order valence-electron chi connectivity index (χ2n) is 5.53. The van der Waals surface area contributed by atoms with Crippen LogP contribution in [0.2, 0.25) is 0 Å². The Morgan fingerprint density at radius 3 is 2.60 bits per heavy atom. The maximum Gasteiger partial charge on any atom is 0.282 e. The first-order valence-electron chi connectivity index (χ1n) is 7.59. The number of amides is 2. The Morgan fingerprint density at radius 2 is 1.88 bits per heavy atom. The Kier molecular flexibility index (Phi) is 4.42. The molecule has 0 saturated carbocycles. The Bertz CT molecular complexity index is 855. The van der Waals surface area contributed by atoms with Gasteiger partial charge in [-0.15, -0.1) is 0 Å². The zero-order valence-electron chi connectivity index (χ0n) is 13.0. The number of nitrogens with zero attached hydrogens (tertiary/aromatic N) is 2. The van der Waals surface area contributed by atoms with E-state index in [9.17, 15) is 24.1 Å². The van der Waals surface area contributed by atoms with Crippen LogP contribution < -0.4 is 10.2 Å². The second kappa shape index (κ2) is 6.68. The first-order valence-corrected chi connectivity index (χ1v) is 7.59. The van der Waals surface area contributed by atoms with Crippen molar-refractivity contribution >= 4 is 23.2 Å². The zero-order chi connectivity index (χ0) is 18.0. The minimum Gasteiger partial charge on any atom is -0.340 e. The lowest BCUT2D eigenvalue weighted by Crippen LogP contribution is -2.41. The maximum atomic E-state index is 13.9. The van der Waals surface area contributed by atoms with Crippen molar-refractivity contribution < 1.29 is 18.9 Å². The lowest BCUT2D eigenvalue weighted by atomic mass is 10.1. The molecule has 1 atom stereocenters. The molecule has 0 aliphatic carbocycles. The highest BCUT2D eigenvalue weighted by Gasteiger charge is 2.35. The molecule has 2 aromatic rings. The summed E-state index contributed by atoms with van der Waals surface area (Å²) in [6, 6.07) is 10.5. The molecule has 128 valence electrons. The lowest BCUT2D eigenvalue weighted by Gasteiger charge is -2.17. The minimum absolute atomic E-state index is 0.121. The van der Waals surface area contributed by atoms with Crippen LogP contribution in [-0.4, -0.2) is 29.3 Å². The number of nitrogens with one attached hydrogen (secondary N) is 1. The average Bonchev–Trinajstić information content (AvgIpc) is 2.96. The molecule has 1 N–H and O–H groups in total. The number of nitro groups is 1. The number of para-hydroxylation sites is 2. The van der Waals surface area contributed by atoms with E-state index >= 15 is 0 Å². The van der Waals surface area contributed by atoms with Crippen molar-refractivity contribution in [3.63, 3.8) is 0 Å². The van der Waals surface area contributed by atoms with Gasteiger partial charge in [-0.2, -0.15) is 0 Å². The van der Waals surface area contributed by atoms with Gasteiger partial charge in [0, 0.05) is 12.6 Å². The first-order chi connectivity index (χ1) is 12.0. The topological polar surface area (TPSA) is 92.6 Å². The van der Waals surface area contributed by atoms with Gasteiger partial charge in [-0.25, -0.2) is 4.39 Å². The molecule has 1 fully saturated rings. The van der Waals surface area contributed by atoms with E-state index in [1.54, 1.807) is 6.07 Å². The molecule has 1 heterocycles. The van der Waals surface area contributed by atoms with Gasteiger partial charge < -0.3 is 10.2 Å². The van der Waals surface area contributed by atoms with Crippen molar-refractivity contribution in [3.05, 3.63) is 70.0 Å². The Hall–Kier alpha value is -3.29. The van der Waals surface area contributed by atoms with Crippen LogP contribution in [0.25, 0.3) is 0 Å². The first kappa shape index (κ1) is 16.6. The molecule has 2 amide bonds. The third-order valence-electron chi connectivity index (χ3n) is 4.00. The molecule has 1 aliphatic rings. The van der Waals surface area contributed by atoms with Gasteiger partial charge in [-0.05, 0) is 24.6 Å². The molecule has 25 heavy (non-hydrogen) atoms. The number of hydrogen-bond acceptors (Lipinski definition) is 4. The fraction of sp³-hybridized carbons (Fsp3) is 0.176. The van der Waals surface area contributed by atoms with Crippen LogP contribution in [0.5, 0.6) is 0 Å². The fourth-order valence-corrected chi connectivity index (χ4v) is 2.78. The summed E-state index contributed by atoms with van der Waals surface area (Å²) in [6.07, 6.45) is 0.291. The molecule has 1 aliphatic heterocycles. The van der Waals surface area contributed by atoms with E-state index in [1.807, 2.05) is 0 Å². The SMILES string of the molecule is O=C(N[C@@H]1CCN(c2ccccc2F)C1=O)c1ccccc1[N+](=O)[O-]. The van der Waals surface area contributed by atoms with E-state index in [4.69, 9.17) is 0 Å². The highest BCUT2D eigenvalue weighted by atomic mass is 19.1. The van der Waals surface area contributed by atoms with Crippen molar-refractivity contribution in [2.45, 2.75) is 12.5 Å². The van der Waals surface area contributed by atoms with E-state index in [0.717, 1.165) is 0 Å². The van der Waals surface area contributed by atoms with Gasteiger partial charge in [-0.1, -0.05) is 24.3 Å². The Morgan fingerprint density at radius 1 is 1.20 bits per heavy atom. The monoisotopic (exact) mass is 343 g/mol. The normalized spacial score (nSPS) is 16.8. The summed E-state index contributed by atoms with van der Waals surface area (Å²) >= 11 is 0. The third kappa shape index (κ3) is 3.18. The van der Waals surface area contributed by atoms with Gasteiger partial charge >= 0.3 is 0 Å². The van der Waals surface area contributed by atoms with E-state index in [1.165, 1.54) is 47.4 Å². The molecular weight excluding hydrogens is 329 g/mol. The quantitative estimate of drug-likeness (QED) is 0.681. The maximum absolute atomic E-state index is 13.9. The lowest BCUT2D eigenvalue weighted by molar-refractivity contribution is -0.385. The zero-order valence-corrected chi connectivity index (χ0v) is 13.0. The van der Waals surface area contributed by atoms with Crippen LogP contribution in [-0.2, 0) is 4.79 Å². The molecule has 0 bridgehead atoms. The number of benzene rings is 2. The van der Waals surface area contributed by atoms with Crippen LogP contribution in [0.15, 0.2) is 48.5 Å². The smallest absolute Gasteiger partial charge is 0.282 e. The molecule has 1 saturated heterocycles. The van der Waals surface area contributed by atoms with Crippen LogP contribution >= 0.6 is 0 Å². The van der Waals surface area contributed by atoms with Crippen molar-refractivity contribution in [3.8, 4) is 0 Å². The average molecular weight is 343 g/mol. The molecule has 3 rings (SSSR count). The molecule has 2 aromatic carbocycles. The molecule has 0 radical (unpaired) electrons. The number of carbonyl (C=O) groups excluding carboxylic acids is 2. The summed E-state index contributed by atoms with van der Waals surface area (Å²) in [5, 5.41) is 13.5. The van der Waals surface area contributed by atoms with Gasteiger partial charge in [0.15, 0.2) is 0 Å². The van der Waals surface area contributed by atoms with Gasteiger partial charge in [0.05, 0.1) is 10.6 Å². The standard InChI is InChI=1S/C17H14FN3O4/c18-12-6-2-4-8-15(12)20-10-9-13(17(20)23)19-16(22)11-5-1-3-7-14(11)21(24)25/h1-8,13H,9-10H2,(H,19,22)/t13-/m1/s1. The summed E-state index contributed by atoms with van der Waals surface area (Å²) in [6.45, 7) is 0.252. The Balaban J connectivity index is 1.77. The van der Waals surface area contributed by atoms with E-state index in [-0.39, 0.29) is 23.5 Å². The van der Waals surface area contributed by atoms with Crippen molar-refractivity contribution in [2.24, 2.45) is 0 Å².